The van der Waals surface area contributed by atoms with E-state index in [0.29, 0.717) is 33.8 Å². The number of hydrogen-bond donors (Lipinski definition) is 0. The van der Waals surface area contributed by atoms with Crippen LogP contribution in [0, 0.1) is 18.3 Å². The molecule has 0 N–H and O–H groups in total. The first-order chi connectivity index (χ1) is 15.5. The van der Waals surface area contributed by atoms with Crippen molar-refractivity contribution in [1.29, 1.82) is 5.26 Å². The van der Waals surface area contributed by atoms with E-state index in [-0.39, 0.29) is 18.2 Å². The van der Waals surface area contributed by atoms with Gasteiger partial charge in [0.2, 0.25) is 0 Å². The van der Waals surface area contributed by atoms with Gasteiger partial charge in [0.15, 0.2) is 6.61 Å². The number of fused-ring (bicyclic) bond motifs is 1. The number of nitriles is 1. The first-order valence-corrected chi connectivity index (χ1v) is 9.92. The molecular weight excluding hydrogens is 437 g/mol. The van der Waals surface area contributed by atoms with Crippen molar-refractivity contribution in [2.24, 2.45) is 0 Å². The van der Waals surface area contributed by atoms with Crippen LogP contribution in [-0.2, 0) is 12.1 Å². The maximum atomic E-state index is 13.3. The Kier molecular flexibility index (Phi) is 5.32. The summed E-state index contributed by atoms with van der Waals surface area (Å²) >= 11 is 0. The summed E-state index contributed by atoms with van der Waals surface area (Å²) in [7, 11) is 0. The molecule has 0 aromatic carbocycles. The molecule has 0 unspecified atom stereocenters. The van der Waals surface area contributed by atoms with Gasteiger partial charge in [-0.05, 0) is 38.5 Å². The number of ether oxygens (including phenoxy) is 1. The van der Waals surface area contributed by atoms with Crippen molar-refractivity contribution < 1.29 is 22.7 Å². The molecule has 0 spiro atoms. The number of hydrogen-bond acceptors (Lipinski definition) is 6. The van der Waals surface area contributed by atoms with Crippen molar-refractivity contribution in [1.82, 2.24) is 19.7 Å². The first kappa shape index (κ1) is 22.3. The molecule has 1 amide bonds. The molecular formula is C22H19F3N6O2. The summed E-state index contributed by atoms with van der Waals surface area (Å²) in [6.07, 6.45) is 1.35. The molecule has 0 saturated heterocycles. The fourth-order valence-corrected chi connectivity index (χ4v) is 3.87. The van der Waals surface area contributed by atoms with Gasteiger partial charge in [0.05, 0.1) is 46.6 Å². The number of rotatable bonds is 5. The smallest absolute Gasteiger partial charge is 0.422 e. The van der Waals surface area contributed by atoms with Gasteiger partial charge in [0.25, 0.3) is 5.91 Å². The lowest BCUT2D eigenvalue weighted by Crippen LogP contribution is -2.39. The van der Waals surface area contributed by atoms with Crippen molar-refractivity contribution in [3.05, 3.63) is 53.7 Å². The van der Waals surface area contributed by atoms with Gasteiger partial charge in [-0.2, -0.15) is 23.5 Å². The number of pyridine rings is 2. The van der Waals surface area contributed by atoms with Gasteiger partial charge in [-0.25, -0.2) is 4.98 Å². The molecule has 1 aliphatic rings. The molecule has 3 aromatic rings. The molecule has 11 heteroatoms. The Morgan fingerprint density at radius 3 is 2.67 bits per heavy atom. The topological polar surface area (TPSA) is 96.9 Å². The third-order valence-electron chi connectivity index (χ3n) is 5.29. The zero-order valence-electron chi connectivity index (χ0n) is 18.0. The van der Waals surface area contributed by atoms with Crippen molar-refractivity contribution in [3.63, 3.8) is 0 Å². The lowest BCUT2D eigenvalue weighted by molar-refractivity contribution is -0.153. The quantitative estimate of drug-likeness (QED) is 0.576. The average Bonchev–Trinajstić information content (AvgIpc) is 3.26. The van der Waals surface area contributed by atoms with E-state index in [1.54, 1.807) is 24.1 Å². The molecule has 0 aliphatic carbocycles. The standard InChI is InChI=1S/C22H19F3N6O2/c1-13-6-17(14-7-16(10-27-8-14)33-12-22(23,24)25)29-19-18(13)20(32)31(21(19,2)3)15-9-28-30(11-15)5-4-26/h6-11H,5,12H2,1-3H3. The van der Waals surface area contributed by atoms with Gasteiger partial charge in [0, 0.05) is 18.0 Å². The van der Waals surface area contributed by atoms with Gasteiger partial charge in [0.1, 0.15) is 12.3 Å². The largest absolute Gasteiger partial charge is 0.482 e. The first-order valence-electron chi connectivity index (χ1n) is 9.92. The lowest BCUT2D eigenvalue weighted by atomic mass is 9.96. The number of amides is 1. The minimum atomic E-state index is -4.46. The number of halogens is 3. The van der Waals surface area contributed by atoms with E-state index in [2.05, 4.69) is 10.1 Å². The van der Waals surface area contributed by atoms with Crippen molar-refractivity contribution in [2.45, 2.75) is 39.0 Å². The predicted octanol–water partition coefficient (Wildman–Crippen LogP) is 4.01. The zero-order valence-corrected chi connectivity index (χ0v) is 18.0. The van der Waals surface area contributed by atoms with Crippen LogP contribution in [0.25, 0.3) is 11.3 Å². The van der Waals surface area contributed by atoms with E-state index in [9.17, 15) is 18.0 Å². The van der Waals surface area contributed by atoms with Crippen LogP contribution in [-0.4, -0.2) is 38.4 Å². The predicted molar refractivity (Wildman–Crippen MR) is 111 cm³/mol. The molecule has 33 heavy (non-hydrogen) atoms. The highest BCUT2D eigenvalue weighted by Gasteiger charge is 2.47. The van der Waals surface area contributed by atoms with Crippen LogP contribution < -0.4 is 9.64 Å². The van der Waals surface area contributed by atoms with Crippen molar-refractivity contribution in [3.8, 4) is 23.1 Å². The fourth-order valence-electron chi connectivity index (χ4n) is 3.87. The van der Waals surface area contributed by atoms with E-state index in [1.807, 2.05) is 19.9 Å². The SMILES string of the molecule is Cc1cc(-c2cncc(OCC(F)(F)F)c2)nc2c1C(=O)N(c1cnn(CC#N)c1)C2(C)C. The Hall–Kier alpha value is -3.94. The van der Waals surface area contributed by atoms with Gasteiger partial charge >= 0.3 is 6.18 Å². The molecule has 4 heterocycles. The Morgan fingerprint density at radius 1 is 1.21 bits per heavy atom. The molecule has 0 fully saturated rings. The van der Waals surface area contributed by atoms with Crippen LogP contribution in [0.3, 0.4) is 0 Å². The number of carbonyl (C=O) groups excluding carboxylic acids is 1. The molecule has 0 atom stereocenters. The van der Waals surface area contributed by atoms with Crippen LogP contribution in [0.15, 0.2) is 36.9 Å². The molecule has 8 nitrogen and oxygen atoms in total. The number of carbonyl (C=O) groups is 1. The minimum absolute atomic E-state index is 0.0355. The second-order valence-corrected chi connectivity index (χ2v) is 8.11. The molecule has 0 bridgehead atoms. The summed E-state index contributed by atoms with van der Waals surface area (Å²) in [6.45, 7) is 4.09. The summed E-state index contributed by atoms with van der Waals surface area (Å²) in [5.41, 5.74) is 2.26. The fraction of sp³-hybridized carbons (Fsp3) is 0.318. The van der Waals surface area contributed by atoms with E-state index < -0.39 is 18.3 Å². The van der Waals surface area contributed by atoms with Gasteiger partial charge in [-0.15, -0.1) is 0 Å². The van der Waals surface area contributed by atoms with Crippen LogP contribution in [0.2, 0.25) is 0 Å². The number of aryl methyl sites for hydroxylation is 1. The van der Waals surface area contributed by atoms with Crippen LogP contribution in [0.4, 0.5) is 18.9 Å². The third-order valence-corrected chi connectivity index (χ3v) is 5.29. The molecule has 0 saturated carbocycles. The number of anilines is 1. The lowest BCUT2D eigenvalue weighted by Gasteiger charge is -2.30. The molecule has 170 valence electrons. The monoisotopic (exact) mass is 456 g/mol. The van der Waals surface area contributed by atoms with Gasteiger partial charge in [-0.1, -0.05) is 0 Å². The maximum absolute atomic E-state index is 13.3. The number of alkyl halides is 3. The van der Waals surface area contributed by atoms with Gasteiger partial charge < -0.3 is 4.74 Å². The summed E-state index contributed by atoms with van der Waals surface area (Å²) < 4.78 is 43.7. The Balaban J connectivity index is 1.72. The maximum Gasteiger partial charge on any atom is 0.422 e. The molecule has 1 aliphatic heterocycles. The number of aromatic nitrogens is 4. The molecule has 0 radical (unpaired) electrons. The number of nitrogens with zero attached hydrogens (tertiary/aromatic N) is 6. The summed E-state index contributed by atoms with van der Waals surface area (Å²) in [5.74, 6) is -0.282. The highest BCUT2D eigenvalue weighted by Crippen LogP contribution is 2.43. The van der Waals surface area contributed by atoms with Crippen LogP contribution in [0.1, 0.15) is 35.5 Å². The highest BCUT2D eigenvalue weighted by atomic mass is 19.4. The summed E-state index contributed by atoms with van der Waals surface area (Å²) in [6, 6.07) is 5.12. The molecule has 4 rings (SSSR count). The van der Waals surface area contributed by atoms with E-state index in [1.165, 1.54) is 29.3 Å². The van der Waals surface area contributed by atoms with E-state index in [4.69, 9.17) is 15.0 Å². The Morgan fingerprint density at radius 2 is 1.97 bits per heavy atom. The zero-order chi connectivity index (χ0) is 24.0. The minimum Gasteiger partial charge on any atom is -0.482 e. The van der Waals surface area contributed by atoms with Crippen molar-refractivity contribution in [2.75, 3.05) is 11.5 Å². The van der Waals surface area contributed by atoms with E-state index in [0.717, 1.165) is 0 Å². The van der Waals surface area contributed by atoms with Gasteiger partial charge in [-0.3, -0.25) is 19.4 Å². The Bertz CT molecular complexity index is 1280. The summed E-state index contributed by atoms with van der Waals surface area (Å²) in [4.78, 5) is 23.6. The normalized spacial score (nSPS) is 14.8. The Labute approximate surface area is 187 Å². The average molecular weight is 456 g/mol. The molecule has 3 aromatic heterocycles. The third kappa shape index (κ3) is 4.11. The van der Waals surface area contributed by atoms with Crippen LogP contribution in [0.5, 0.6) is 5.75 Å². The van der Waals surface area contributed by atoms with E-state index >= 15 is 0 Å². The second-order valence-electron chi connectivity index (χ2n) is 8.11. The highest BCUT2D eigenvalue weighted by molar-refractivity contribution is 6.12. The van der Waals surface area contributed by atoms with Crippen molar-refractivity contribution >= 4 is 11.6 Å². The second kappa shape index (κ2) is 7.88. The van der Waals surface area contributed by atoms with Crippen LogP contribution >= 0.6 is 0 Å². The summed E-state index contributed by atoms with van der Waals surface area (Å²) in [5, 5.41) is 13.0.